The van der Waals surface area contributed by atoms with Gasteiger partial charge in [0.2, 0.25) is 12.1 Å². The maximum absolute atomic E-state index is 10.8. The van der Waals surface area contributed by atoms with E-state index >= 15 is 0 Å². The number of aryl methyl sites for hydroxylation is 1. The Morgan fingerprint density at radius 1 is 1.23 bits per heavy atom. The van der Waals surface area contributed by atoms with Crippen molar-refractivity contribution in [2.75, 3.05) is 36.4 Å². The van der Waals surface area contributed by atoms with Crippen LogP contribution in [0.25, 0.3) is 0 Å². The van der Waals surface area contributed by atoms with Gasteiger partial charge in [-0.1, -0.05) is 0 Å². The van der Waals surface area contributed by atoms with E-state index < -0.39 is 12.5 Å². The van der Waals surface area contributed by atoms with Gasteiger partial charge in [0.1, 0.15) is 7.05 Å². The molecule has 9 nitrogen and oxygen atoms in total. The number of ether oxygens (including phenoxy) is 1. The summed E-state index contributed by atoms with van der Waals surface area (Å²) < 4.78 is 8.10. The summed E-state index contributed by atoms with van der Waals surface area (Å²) >= 11 is 0. The second kappa shape index (κ2) is 8.00. The third-order valence-corrected chi connectivity index (χ3v) is 5.78. The van der Waals surface area contributed by atoms with Crippen molar-refractivity contribution < 1.29 is 14.4 Å². The number of nitrogens with one attached hydrogen (secondary N) is 3. The Bertz CT molecular complexity index is 945. The number of hydrogen-bond acceptors (Lipinski definition) is 8. The van der Waals surface area contributed by atoms with Crippen LogP contribution in [0, 0.1) is 0 Å². The number of anilines is 2. The van der Waals surface area contributed by atoms with Crippen molar-refractivity contribution in [2.45, 2.75) is 25.5 Å². The summed E-state index contributed by atoms with van der Waals surface area (Å²) in [5.41, 5.74) is 4.44. The highest BCUT2D eigenvalue weighted by Gasteiger charge is 2.32. The highest BCUT2D eigenvalue weighted by atomic mass is 16.5. The average Bonchev–Trinajstić information content (AvgIpc) is 3.41. The number of aromatic nitrogens is 2. The molecule has 3 aliphatic rings. The van der Waals surface area contributed by atoms with Crippen molar-refractivity contribution in [3.05, 3.63) is 60.1 Å². The summed E-state index contributed by atoms with van der Waals surface area (Å²) in [7, 11) is 2.03. The maximum Gasteiger partial charge on any atom is 0.216 e. The molecule has 2 atom stereocenters. The predicted octanol–water partition coefficient (Wildman–Crippen LogP) is -0.193. The normalized spacial score (nSPS) is 21.5. The Morgan fingerprint density at radius 3 is 2.93 bits per heavy atom. The second-order valence-electron chi connectivity index (χ2n) is 7.92. The van der Waals surface area contributed by atoms with Crippen molar-refractivity contribution in [1.82, 2.24) is 20.5 Å². The van der Waals surface area contributed by atoms with Gasteiger partial charge in [0, 0.05) is 50.6 Å². The van der Waals surface area contributed by atoms with Gasteiger partial charge in [0.15, 0.2) is 18.6 Å². The van der Waals surface area contributed by atoms with Gasteiger partial charge in [0.25, 0.3) is 0 Å². The van der Waals surface area contributed by atoms with Crippen LogP contribution in [0.5, 0.6) is 0 Å². The number of nitrogens with zero attached hydrogens (tertiary/aromatic N) is 4. The third-order valence-electron chi connectivity index (χ3n) is 5.78. The third kappa shape index (κ3) is 3.73. The molecule has 30 heavy (non-hydrogen) atoms. The zero-order chi connectivity index (χ0) is 20.5. The molecule has 0 aliphatic carbocycles. The monoisotopic (exact) mass is 410 g/mol. The molecule has 1 fully saturated rings. The Hall–Kier alpha value is -3.04. The smallest absolute Gasteiger partial charge is 0.216 e. The van der Waals surface area contributed by atoms with E-state index in [0.29, 0.717) is 0 Å². The van der Waals surface area contributed by atoms with E-state index in [0.717, 1.165) is 56.5 Å². The summed E-state index contributed by atoms with van der Waals surface area (Å²) in [5, 5.41) is 20.5. The molecular formula is C21H28N7O2+. The van der Waals surface area contributed by atoms with E-state index in [4.69, 9.17) is 4.74 Å². The first-order chi connectivity index (χ1) is 14.7. The van der Waals surface area contributed by atoms with Crippen LogP contribution in [0.1, 0.15) is 11.1 Å². The fourth-order valence-electron chi connectivity index (χ4n) is 4.19. The van der Waals surface area contributed by atoms with Crippen molar-refractivity contribution in [3.63, 3.8) is 0 Å². The van der Waals surface area contributed by atoms with Crippen LogP contribution in [0.3, 0.4) is 0 Å². The zero-order valence-electron chi connectivity index (χ0n) is 17.1. The van der Waals surface area contributed by atoms with Gasteiger partial charge >= 0.3 is 0 Å². The molecule has 9 heteroatoms. The lowest BCUT2D eigenvalue weighted by atomic mass is 10.2. The quantitative estimate of drug-likeness (QED) is 0.399. The SMILES string of the molecule is C[n+]1ccc2c(c1)CN(C1=CNC(C(O)Nc3cnccc3N3CCNCC3)O1)C2. The summed E-state index contributed by atoms with van der Waals surface area (Å²) in [4.78, 5) is 8.69. The molecule has 2 aromatic heterocycles. The first-order valence-corrected chi connectivity index (χ1v) is 10.4. The van der Waals surface area contributed by atoms with Gasteiger partial charge in [-0.15, -0.1) is 0 Å². The zero-order valence-corrected chi connectivity index (χ0v) is 17.1. The lowest BCUT2D eigenvalue weighted by molar-refractivity contribution is -0.671. The van der Waals surface area contributed by atoms with E-state index in [-0.39, 0.29) is 0 Å². The number of aliphatic hydroxyl groups is 1. The van der Waals surface area contributed by atoms with Crippen molar-refractivity contribution >= 4 is 11.4 Å². The number of hydrogen-bond donors (Lipinski definition) is 4. The predicted molar refractivity (Wildman–Crippen MR) is 112 cm³/mol. The summed E-state index contributed by atoms with van der Waals surface area (Å²) in [6.07, 6.45) is 8.08. The number of fused-ring (bicyclic) bond motifs is 1. The van der Waals surface area contributed by atoms with Crippen LogP contribution in [-0.2, 0) is 24.9 Å². The molecule has 5 heterocycles. The Balaban J connectivity index is 1.22. The highest BCUT2D eigenvalue weighted by molar-refractivity contribution is 5.69. The van der Waals surface area contributed by atoms with Gasteiger partial charge in [-0.25, -0.2) is 4.57 Å². The van der Waals surface area contributed by atoms with Crippen LogP contribution >= 0.6 is 0 Å². The molecule has 4 N–H and O–H groups in total. The molecular weight excluding hydrogens is 382 g/mol. The number of piperazine rings is 1. The molecule has 158 valence electrons. The van der Waals surface area contributed by atoms with Crippen LogP contribution in [-0.4, -0.2) is 53.6 Å². The molecule has 2 unspecified atom stereocenters. The van der Waals surface area contributed by atoms with Crippen molar-refractivity contribution in [3.8, 4) is 0 Å². The fraction of sp³-hybridized carbons (Fsp3) is 0.429. The minimum atomic E-state index is -0.924. The minimum Gasteiger partial charge on any atom is -0.449 e. The number of pyridine rings is 2. The molecule has 0 radical (unpaired) electrons. The lowest BCUT2D eigenvalue weighted by Gasteiger charge is -2.32. The molecule has 3 aliphatic heterocycles. The van der Waals surface area contributed by atoms with Gasteiger partial charge in [-0.2, -0.15) is 0 Å². The Morgan fingerprint density at radius 2 is 2.07 bits per heavy atom. The average molecular weight is 411 g/mol. The van der Waals surface area contributed by atoms with E-state index in [9.17, 15) is 5.11 Å². The largest absolute Gasteiger partial charge is 0.449 e. The number of rotatable bonds is 5. The van der Waals surface area contributed by atoms with Gasteiger partial charge in [-0.05, 0) is 11.6 Å². The van der Waals surface area contributed by atoms with Gasteiger partial charge in [-0.3, -0.25) is 4.98 Å². The van der Waals surface area contributed by atoms with Crippen LogP contribution in [0.2, 0.25) is 0 Å². The van der Waals surface area contributed by atoms with Crippen molar-refractivity contribution in [1.29, 1.82) is 0 Å². The highest BCUT2D eigenvalue weighted by Crippen LogP contribution is 2.29. The molecule has 1 saturated heterocycles. The Kier molecular flexibility index (Phi) is 5.06. The first kappa shape index (κ1) is 19.0. The minimum absolute atomic E-state index is 0.573. The van der Waals surface area contributed by atoms with Crippen LogP contribution < -0.4 is 25.4 Å². The lowest BCUT2D eigenvalue weighted by Crippen LogP contribution is -2.45. The van der Waals surface area contributed by atoms with Crippen LogP contribution in [0.15, 0.2) is 49.0 Å². The molecule has 0 aromatic carbocycles. The first-order valence-electron chi connectivity index (χ1n) is 10.4. The Labute approximate surface area is 176 Å². The fourth-order valence-corrected chi connectivity index (χ4v) is 4.19. The standard InChI is InChI=1S/C21H28N7O2/c1-26-7-3-15-13-28(14-16(15)12-26)19-11-24-21(30-19)20(29)25-17-10-23-4-2-18(17)27-8-5-22-6-9-27/h2-4,7,10-12,20-22,24-25,29H,5-6,8-9,13-14H2,1H3/q+1. The van der Waals surface area contributed by atoms with Crippen molar-refractivity contribution in [2.24, 2.45) is 7.05 Å². The van der Waals surface area contributed by atoms with E-state index in [1.54, 1.807) is 12.4 Å². The molecule has 0 bridgehead atoms. The summed E-state index contributed by atoms with van der Waals surface area (Å²) in [6.45, 7) is 5.33. The molecule has 0 saturated carbocycles. The van der Waals surface area contributed by atoms with Crippen LogP contribution in [0.4, 0.5) is 11.4 Å². The van der Waals surface area contributed by atoms with Gasteiger partial charge in [0.05, 0.1) is 30.3 Å². The van der Waals surface area contributed by atoms with E-state index in [1.807, 2.05) is 19.3 Å². The summed E-state index contributed by atoms with van der Waals surface area (Å²) in [5.74, 6) is 0.744. The van der Waals surface area contributed by atoms with Gasteiger partial charge < -0.3 is 35.6 Å². The number of aliphatic hydroxyl groups excluding tert-OH is 1. The van der Waals surface area contributed by atoms with E-state index in [2.05, 4.69) is 53.8 Å². The topological polar surface area (TPSA) is 88.8 Å². The summed E-state index contributed by atoms with van der Waals surface area (Å²) in [6, 6.07) is 4.13. The molecule has 0 amide bonds. The molecule has 5 rings (SSSR count). The molecule has 0 spiro atoms. The molecule has 2 aromatic rings. The second-order valence-corrected chi connectivity index (χ2v) is 7.92. The van der Waals surface area contributed by atoms with E-state index in [1.165, 1.54) is 11.1 Å². The maximum atomic E-state index is 10.8.